The fourth-order valence-corrected chi connectivity index (χ4v) is 3.58. The zero-order valence-corrected chi connectivity index (χ0v) is 14.6. The zero-order chi connectivity index (χ0) is 16.9. The summed E-state index contributed by atoms with van der Waals surface area (Å²) in [6, 6.07) is 1.97. The number of aromatic nitrogens is 2. The van der Waals surface area contributed by atoms with E-state index in [1.807, 2.05) is 24.6 Å². The van der Waals surface area contributed by atoms with Crippen LogP contribution in [0.2, 0.25) is 0 Å². The van der Waals surface area contributed by atoms with Gasteiger partial charge in [-0.25, -0.2) is 9.48 Å². The normalized spacial score (nSPS) is 24.9. The highest BCUT2D eigenvalue weighted by Crippen LogP contribution is 2.30. The molecule has 2 amide bonds. The quantitative estimate of drug-likeness (QED) is 0.866. The molecule has 0 aromatic carbocycles. The van der Waals surface area contributed by atoms with Crippen molar-refractivity contribution in [2.75, 3.05) is 25.1 Å². The summed E-state index contributed by atoms with van der Waals surface area (Å²) in [5.41, 5.74) is 0.923. The number of amides is 2. The summed E-state index contributed by atoms with van der Waals surface area (Å²) in [4.78, 5) is 12.4. The molecule has 0 radical (unpaired) electrons. The number of nitrogens with one attached hydrogen (secondary N) is 2. The fourth-order valence-electron chi connectivity index (χ4n) is 3.58. The molecule has 1 aliphatic carbocycles. The average molecular weight is 336 g/mol. The molecule has 1 aromatic rings. The second-order valence-electron chi connectivity index (χ2n) is 6.64. The first-order chi connectivity index (χ1) is 11.7. The van der Waals surface area contributed by atoms with E-state index < -0.39 is 0 Å². The Balaban J connectivity index is 1.62. The Labute approximate surface area is 143 Å². The van der Waals surface area contributed by atoms with Crippen LogP contribution in [0, 0.1) is 6.92 Å². The molecule has 134 valence electrons. The van der Waals surface area contributed by atoms with Gasteiger partial charge in [-0.05, 0) is 26.7 Å². The predicted molar refractivity (Wildman–Crippen MR) is 91.3 cm³/mol. The highest BCUT2D eigenvalue weighted by atomic mass is 16.5. The first kappa shape index (κ1) is 17.2. The molecule has 2 heterocycles. The molecule has 1 saturated carbocycles. The Bertz CT molecular complexity index is 554. The maximum Gasteiger partial charge on any atom is 0.320 e. The topological polar surface area (TPSA) is 77.4 Å². The summed E-state index contributed by atoms with van der Waals surface area (Å²) in [5, 5.41) is 10.5. The number of urea groups is 1. The van der Waals surface area contributed by atoms with Gasteiger partial charge in [-0.1, -0.05) is 19.3 Å². The zero-order valence-electron chi connectivity index (χ0n) is 14.6. The first-order valence-electron chi connectivity index (χ1n) is 9.00. The molecule has 2 N–H and O–H groups in total. The number of aryl methyl sites for hydroxylation is 1. The lowest BCUT2D eigenvalue weighted by molar-refractivity contribution is 0.0428. The Morgan fingerprint density at radius 2 is 2.17 bits per heavy atom. The van der Waals surface area contributed by atoms with Crippen LogP contribution in [0.15, 0.2) is 6.07 Å². The number of carbonyl (C=O) groups is 1. The fraction of sp³-hybridized carbons (Fsp3) is 0.765. The third-order valence-electron chi connectivity index (χ3n) is 4.75. The molecule has 0 unspecified atom stereocenters. The highest BCUT2D eigenvalue weighted by Gasteiger charge is 2.30. The maximum atomic E-state index is 12.4. The van der Waals surface area contributed by atoms with Crippen molar-refractivity contribution in [3.8, 4) is 0 Å². The van der Waals surface area contributed by atoms with E-state index in [0.717, 1.165) is 24.4 Å². The van der Waals surface area contributed by atoms with E-state index in [1.165, 1.54) is 19.3 Å². The lowest BCUT2D eigenvalue weighted by Gasteiger charge is -2.24. The summed E-state index contributed by atoms with van der Waals surface area (Å²) >= 11 is 0. The predicted octanol–water partition coefficient (Wildman–Crippen LogP) is 2.62. The molecule has 1 aliphatic heterocycles. The Morgan fingerprint density at radius 1 is 1.38 bits per heavy atom. The van der Waals surface area contributed by atoms with Crippen LogP contribution in [-0.4, -0.2) is 47.8 Å². The van der Waals surface area contributed by atoms with Gasteiger partial charge in [0.15, 0.2) is 0 Å². The van der Waals surface area contributed by atoms with Crippen LogP contribution in [0.1, 0.15) is 50.8 Å². The minimum absolute atomic E-state index is 0.0780. The third-order valence-corrected chi connectivity index (χ3v) is 4.75. The Hall–Kier alpha value is -1.60. The molecule has 0 spiro atoms. The standard InChI is InChI=1S/C17H28N4O3/c1-3-24-15-11-23-10-14(15)18-17(22)19-16-9-12(2)20-21(16)13-7-5-4-6-8-13/h9,13-15H,3-8,10-11H2,1-2H3,(H2,18,19,22)/t14-,15-/m0/s1. The van der Waals surface area contributed by atoms with Gasteiger partial charge >= 0.3 is 6.03 Å². The van der Waals surface area contributed by atoms with Gasteiger partial charge in [-0.2, -0.15) is 5.10 Å². The Morgan fingerprint density at radius 3 is 2.92 bits per heavy atom. The number of ether oxygens (including phenoxy) is 2. The summed E-state index contributed by atoms with van der Waals surface area (Å²) in [5.74, 6) is 0.767. The van der Waals surface area contributed by atoms with Crippen LogP contribution in [-0.2, 0) is 9.47 Å². The number of anilines is 1. The van der Waals surface area contributed by atoms with Crippen molar-refractivity contribution in [3.05, 3.63) is 11.8 Å². The molecule has 1 saturated heterocycles. The number of hydrogen-bond donors (Lipinski definition) is 2. The second kappa shape index (κ2) is 7.98. The van der Waals surface area contributed by atoms with Crippen LogP contribution >= 0.6 is 0 Å². The van der Waals surface area contributed by atoms with Crippen molar-refractivity contribution >= 4 is 11.8 Å². The minimum Gasteiger partial charge on any atom is -0.376 e. The highest BCUT2D eigenvalue weighted by molar-refractivity contribution is 5.88. The van der Waals surface area contributed by atoms with Crippen LogP contribution in [0.5, 0.6) is 0 Å². The monoisotopic (exact) mass is 336 g/mol. The molecule has 7 nitrogen and oxygen atoms in total. The smallest absolute Gasteiger partial charge is 0.320 e. The Kier molecular flexibility index (Phi) is 5.73. The van der Waals surface area contributed by atoms with Crippen molar-refractivity contribution in [2.24, 2.45) is 0 Å². The van der Waals surface area contributed by atoms with Crippen LogP contribution in [0.25, 0.3) is 0 Å². The first-order valence-corrected chi connectivity index (χ1v) is 9.00. The summed E-state index contributed by atoms with van der Waals surface area (Å²) in [7, 11) is 0. The third kappa shape index (κ3) is 4.08. The van der Waals surface area contributed by atoms with E-state index >= 15 is 0 Å². The van der Waals surface area contributed by atoms with Gasteiger partial charge in [-0.15, -0.1) is 0 Å². The largest absolute Gasteiger partial charge is 0.376 e. The van der Waals surface area contributed by atoms with E-state index in [2.05, 4.69) is 15.7 Å². The lowest BCUT2D eigenvalue weighted by atomic mass is 9.96. The van der Waals surface area contributed by atoms with Gasteiger partial charge in [-0.3, -0.25) is 5.32 Å². The van der Waals surface area contributed by atoms with Crippen LogP contribution in [0.3, 0.4) is 0 Å². The van der Waals surface area contributed by atoms with E-state index in [-0.39, 0.29) is 18.2 Å². The van der Waals surface area contributed by atoms with Crippen molar-refractivity contribution in [1.82, 2.24) is 15.1 Å². The second-order valence-corrected chi connectivity index (χ2v) is 6.64. The molecule has 2 fully saturated rings. The number of rotatable bonds is 5. The van der Waals surface area contributed by atoms with E-state index in [9.17, 15) is 4.79 Å². The van der Waals surface area contributed by atoms with E-state index in [1.54, 1.807) is 0 Å². The van der Waals surface area contributed by atoms with Crippen molar-refractivity contribution in [1.29, 1.82) is 0 Å². The summed E-state index contributed by atoms with van der Waals surface area (Å²) in [6.07, 6.45) is 5.92. The molecule has 1 aromatic heterocycles. The van der Waals surface area contributed by atoms with E-state index in [0.29, 0.717) is 25.9 Å². The molecular weight excluding hydrogens is 308 g/mol. The number of nitrogens with zero attached hydrogens (tertiary/aromatic N) is 2. The summed E-state index contributed by atoms with van der Waals surface area (Å²) < 4.78 is 13.0. The van der Waals surface area contributed by atoms with Crippen molar-refractivity contribution < 1.29 is 14.3 Å². The van der Waals surface area contributed by atoms with Gasteiger partial charge in [0.25, 0.3) is 0 Å². The van der Waals surface area contributed by atoms with Gasteiger partial charge < -0.3 is 14.8 Å². The van der Waals surface area contributed by atoms with Crippen LogP contribution in [0.4, 0.5) is 10.6 Å². The molecule has 7 heteroatoms. The van der Waals surface area contributed by atoms with Crippen molar-refractivity contribution in [3.63, 3.8) is 0 Å². The average Bonchev–Trinajstić information content (AvgIpc) is 3.15. The maximum absolute atomic E-state index is 12.4. The van der Waals surface area contributed by atoms with E-state index in [4.69, 9.17) is 9.47 Å². The lowest BCUT2D eigenvalue weighted by Crippen LogP contribution is -2.45. The SMILES string of the molecule is CCO[C@H]1COC[C@@H]1NC(=O)Nc1cc(C)nn1C1CCCCC1. The number of hydrogen-bond acceptors (Lipinski definition) is 4. The van der Waals surface area contributed by atoms with Gasteiger partial charge in [0, 0.05) is 12.7 Å². The van der Waals surface area contributed by atoms with Gasteiger partial charge in [0.2, 0.25) is 0 Å². The molecule has 2 aliphatic rings. The van der Waals surface area contributed by atoms with Crippen molar-refractivity contribution in [2.45, 2.75) is 64.1 Å². The minimum atomic E-state index is -0.229. The van der Waals surface area contributed by atoms with Gasteiger partial charge in [0.05, 0.1) is 31.0 Å². The summed E-state index contributed by atoms with van der Waals surface area (Å²) in [6.45, 7) is 5.53. The molecule has 0 bridgehead atoms. The number of carbonyl (C=O) groups excluding carboxylic acids is 1. The molecule has 3 rings (SSSR count). The van der Waals surface area contributed by atoms with Crippen LogP contribution < -0.4 is 10.6 Å². The molecular formula is C17H28N4O3. The molecule has 24 heavy (non-hydrogen) atoms. The van der Waals surface area contributed by atoms with Gasteiger partial charge in [0.1, 0.15) is 11.9 Å². The molecule has 2 atom stereocenters.